The van der Waals surface area contributed by atoms with E-state index in [1.54, 1.807) is 12.0 Å². The molecule has 1 aliphatic heterocycles. The first-order chi connectivity index (χ1) is 10.1. The van der Waals surface area contributed by atoms with Gasteiger partial charge in [-0.2, -0.15) is 0 Å². The maximum absolute atomic E-state index is 11.7. The molecule has 4 heteroatoms. The molecule has 1 N–H and O–H groups in total. The van der Waals surface area contributed by atoms with Crippen LogP contribution in [0.1, 0.15) is 30.9 Å². The van der Waals surface area contributed by atoms with Crippen LogP contribution in [-0.2, 0) is 16.1 Å². The van der Waals surface area contributed by atoms with Gasteiger partial charge in [-0.3, -0.25) is 4.79 Å². The summed E-state index contributed by atoms with van der Waals surface area (Å²) in [6, 6.07) is 6.37. The molecule has 0 aliphatic carbocycles. The Morgan fingerprint density at radius 1 is 1.33 bits per heavy atom. The van der Waals surface area contributed by atoms with Crippen molar-refractivity contribution in [2.75, 3.05) is 26.8 Å². The van der Waals surface area contributed by atoms with E-state index in [1.807, 2.05) is 13.0 Å². The third-order valence-electron chi connectivity index (χ3n) is 4.23. The highest BCUT2D eigenvalue weighted by atomic mass is 16.5. The maximum atomic E-state index is 11.7. The number of rotatable bonds is 5. The zero-order chi connectivity index (χ0) is 15.2. The lowest BCUT2D eigenvalue weighted by Gasteiger charge is -2.28. The van der Waals surface area contributed by atoms with Crippen LogP contribution in [0.25, 0.3) is 0 Å². The van der Waals surface area contributed by atoms with Gasteiger partial charge in [0.15, 0.2) is 0 Å². The minimum Gasteiger partial charge on any atom is -0.496 e. The zero-order valence-corrected chi connectivity index (χ0v) is 13.3. The SMILES string of the molecule is CCOC(=O)C1CC[NH+](Cc2ccc(OC)c(C)c2)CC1. The van der Waals surface area contributed by atoms with Crippen LogP contribution in [0.15, 0.2) is 18.2 Å². The van der Waals surface area contributed by atoms with Gasteiger partial charge in [-0.15, -0.1) is 0 Å². The quantitative estimate of drug-likeness (QED) is 0.833. The van der Waals surface area contributed by atoms with Gasteiger partial charge in [0.1, 0.15) is 12.3 Å². The van der Waals surface area contributed by atoms with E-state index in [1.165, 1.54) is 11.1 Å². The molecule has 0 aromatic heterocycles. The van der Waals surface area contributed by atoms with E-state index in [2.05, 4.69) is 19.1 Å². The van der Waals surface area contributed by atoms with E-state index in [0.29, 0.717) is 6.61 Å². The smallest absolute Gasteiger partial charge is 0.309 e. The highest BCUT2D eigenvalue weighted by molar-refractivity contribution is 5.72. The number of quaternary nitrogens is 1. The monoisotopic (exact) mass is 292 g/mol. The molecular weight excluding hydrogens is 266 g/mol. The van der Waals surface area contributed by atoms with Gasteiger partial charge in [-0.1, -0.05) is 0 Å². The lowest BCUT2D eigenvalue weighted by Crippen LogP contribution is -3.11. The number of hydrogen-bond acceptors (Lipinski definition) is 3. The molecule has 4 nitrogen and oxygen atoms in total. The van der Waals surface area contributed by atoms with Crippen molar-refractivity contribution < 1.29 is 19.2 Å². The van der Waals surface area contributed by atoms with Crippen LogP contribution in [0.4, 0.5) is 0 Å². The van der Waals surface area contributed by atoms with Crippen LogP contribution in [0.3, 0.4) is 0 Å². The molecule has 1 aromatic rings. The first kappa shape index (κ1) is 15.8. The number of hydrogen-bond donors (Lipinski definition) is 1. The summed E-state index contributed by atoms with van der Waals surface area (Å²) in [5.41, 5.74) is 2.51. The van der Waals surface area contributed by atoms with Crippen molar-refractivity contribution in [3.8, 4) is 5.75 Å². The number of carbonyl (C=O) groups excluding carboxylic acids is 1. The summed E-state index contributed by atoms with van der Waals surface area (Å²) in [6.07, 6.45) is 1.87. The second kappa shape index (κ2) is 7.46. The normalized spacial score (nSPS) is 21.9. The van der Waals surface area contributed by atoms with Gasteiger partial charge in [-0.25, -0.2) is 0 Å². The van der Waals surface area contributed by atoms with E-state index in [0.717, 1.165) is 38.2 Å². The van der Waals surface area contributed by atoms with Crippen LogP contribution in [0.2, 0.25) is 0 Å². The average molecular weight is 292 g/mol. The van der Waals surface area contributed by atoms with Crippen molar-refractivity contribution in [2.45, 2.75) is 33.2 Å². The number of aryl methyl sites for hydroxylation is 1. The fourth-order valence-electron chi connectivity index (χ4n) is 3.04. The summed E-state index contributed by atoms with van der Waals surface area (Å²) in [7, 11) is 1.70. The third kappa shape index (κ3) is 4.21. The van der Waals surface area contributed by atoms with Crippen LogP contribution in [0, 0.1) is 12.8 Å². The predicted octanol–water partition coefficient (Wildman–Crippen LogP) is 1.36. The van der Waals surface area contributed by atoms with E-state index in [-0.39, 0.29) is 11.9 Å². The highest BCUT2D eigenvalue weighted by Crippen LogP contribution is 2.18. The first-order valence-electron chi connectivity index (χ1n) is 7.77. The molecule has 1 heterocycles. The molecule has 21 heavy (non-hydrogen) atoms. The molecule has 1 aromatic carbocycles. The number of benzene rings is 1. The Bertz CT molecular complexity index is 479. The summed E-state index contributed by atoms with van der Waals surface area (Å²) >= 11 is 0. The molecule has 1 saturated heterocycles. The largest absolute Gasteiger partial charge is 0.496 e. The standard InChI is InChI=1S/C17H25NO3/c1-4-21-17(19)15-7-9-18(10-8-15)12-14-5-6-16(20-3)13(2)11-14/h5-6,11,15H,4,7-10,12H2,1-3H3/p+1. The summed E-state index contributed by atoms with van der Waals surface area (Å²) in [5, 5.41) is 0. The molecule has 116 valence electrons. The first-order valence-corrected chi connectivity index (χ1v) is 7.77. The molecule has 0 amide bonds. The van der Waals surface area contributed by atoms with Crippen LogP contribution in [0.5, 0.6) is 5.75 Å². The number of ether oxygens (including phenoxy) is 2. The highest BCUT2D eigenvalue weighted by Gasteiger charge is 2.28. The molecule has 1 fully saturated rings. The van der Waals surface area contributed by atoms with Gasteiger partial charge in [0.25, 0.3) is 0 Å². The van der Waals surface area contributed by atoms with E-state index in [4.69, 9.17) is 9.47 Å². The Hall–Kier alpha value is -1.55. The van der Waals surface area contributed by atoms with E-state index in [9.17, 15) is 4.79 Å². The molecule has 0 radical (unpaired) electrons. The van der Waals surface area contributed by atoms with Crippen LogP contribution in [-0.4, -0.2) is 32.8 Å². The zero-order valence-electron chi connectivity index (χ0n) is 13.3. The Kier molecular flexibility index (Phi) is 5.62. The minimum absolute atomic E-state index is 0.0168. The van der Waals surface area contributed by atoms with Crippen molar-refractivity contribution in [2.24, 2.45) is 5.92 Å². The van der Waals surface area contributed by atoms with Crippen molar-refractivity contribution in [1.29, 1.82) is 0 Å². The number of methoxy groups -OCH3 is 1. The Morgan fingerprint density at radius 2 is 2.05 bits per heavy atom. The van der Waals surface area contributed by atoms with E-state index >= 15 is 0 Å². The third-order valence-corrected chi connectivity index (χ3v) is 4.23. The van der Waals surface area contributed by atoms with Crippen molar-refractivity contribution in [3.63, 3.8) is 0 Å². The van der Waals surface area contributed by atoms with Crippen molar-refractivity contribution in [1.82, 2.24) is 0 Å². The topological polar surface area (TPSA) is 40.0 Å². The number of likely N-dealkylation sites (tertiary alicyclic amines) is 1. The van der Waals surface area contributed by atoms with Crippen molar-refractivity contribution in [3.05, 3.63) is 29.3 Å². The predicted molar refractivity (Wildman–Crippen MR) is 81.5 cm³/mol. The fourth-order valence-corrected chi connectivity index (χ4v) is 3.04. The van der Waals surface area contributed by atoms with Gasteiger partial charge in [-0.05, 0) is 37.6 Å². The Morgan fingerprint density at radius 3 is 2.62 bits per heavy atom. The number of esters is 1. The number of piperidine rings is 1. The van der Waals surface area contributed by atoms with Crippen LogP contribution < -0.4 is 9.64 Å². The average Bonchev–Trinajstić information content (AvgIpc) is 2.48. The van der Waals surface area contributed by atoms with Gasteiger partial charge < -0.3 is 14.4 Å². The van der Waals surface area contributed by atoms with Crippen LogP contribution >= 0.6 is 0 Å². The Balaban J connectivity index is 1.86. The van der Waals surface area contributed by atoms with Gasteiger partial charge in [0.05, 0.1) is 32.7 Å². The Labute approximate surface area is 127 Å². The summed E-state index contributed by atoms with van der Waals surface area (Å²) in [5.74, 6) is 1.03. The summed E-state index contributed by atoms with van der Waals surface area (Å²) < 4.78 is 10.4. The number of nitrogens with one attached hydrogen (secondary N) is 1. The number of carbonyl (C=O) groups is 1. The maximum Gasteiger partial charge on any atom is 0.309 e. The molecule has 0 saturated carbocycles. The van der Waals surface area contributed by atoms with E-state index < -0.39 is 0 Å². The lowest BCUT2D eigenvalue weighted by atomic mass is 9.96. The molecule has 0 bridgehead atoms. The summed E-state index contributed by atoms with van der Waals surface area (Å²) in [4.78, 5) is 13.3. The minimum atomic E-state index is -0.0168. The molecule has 0 atom stereocenters. The summed E-state index contributed by atoms with van der Waals surface area (Å²) in [6.45, 7) is 7.51. The second-order valence-electron chi connectivity index (χ2n) is 5.76. The second-order valence-corrected chi connectivity index (χ2v) is 5.76. The molecule has 0 unspecified atom stereocenters. The molecule has 0 spiro atoms. The van der Waals surface area contributed by atoms with Gasteiger partial charge in [0.2, 0.25) is 0 Å². The van der Waals surface area contributed by atoms with Gasteiger partial charge in [0, 0.05) is 18.4 Å². The van der Waals surface area contributed by atoms with Crippen molar-refractivity contribution >= 4 is 5.97 Å². The van der Waals surface area contributed by atoms with Gasteiger partial charge >= 0.3 is 5.97 Å². The fraction of sp³-hybridized carbons (Fsp3) is 0.588. The lowest BCUT2D eigenvalue weighted by molar-refractivity contribution is -0.919. The molecular formula is C17H26NO3+. The molecule has 1 aliphatic rings. The molecule has 2 rings (SSSR count).